The van der Waals surface area contributed by atoms with E-state index in [0.29, 0.717) is 37.4 Å². The molecule has 158 valence electrons. The van der Waals surface area contributed by atoms with E-state index >= 15 is 0 Å². The lowest BCUT2D eigenvalue weighted by atomic mass is 10.1. The van der Waals surface area contributed by atoms with Crippen LogP contribution in [0.25, 0.3) is 10.9 Å². The van der Waals surface area contributed by atoms with Crippen molar-refractivity contribution in [1.29, 1.82) is 0 Å². The number of carbonyl (C=O) groups excluding carboxylic acids is 2. The van der Waals surface area contributed by atoms with E-state index < -0.39 is 0 Å². The first-order valence-electron chi connectivity index (χ1n) is 10.2. The number of nitrogens with zero attached hydrogens (tertiary/aromatic N) is 6. The van der Waals surface area contributed by atoms with Gasteiger partial charge in [-0.05, 0) is 18.2 Å². The maximum Gasteiger partial charge on any atom is 0.270 e. The van der Waals surface area contributed by atoms with Crippen molar-refractivity contribution < 1.29 is 9.59 Å². The zero-order chi connectivity index (χ0) is 21.5. The van der Waals surface area contributed by atoms with E-state index in [1.807, 2.05) is 48.1 Å². The number of carbonyl (C=O) groups is 2. The van der Waals surface area contributed by atoms with Crippen LogP contribution >= 0.6 is 0 Å². The lowest BCUT2D eigenvalue weighted by Gasteiger charge is -2.28. The number of rotatable bonds is 4. The molecule has 0 radical (unpaired) electrons. The fourth-order valence-electron chi connectivity index (χ4n) is 4.03. The largest absolute Gasteiger partial charge is 0.351 e. The van der Waals surface area contributed by atoms with Crippen molar-refractivity contribution >= 4 is 22.7 Å². The summed E-state index contributed by atoms with van der Waals surface area (Å²) in [5.74, 6) is -0.201. The Balaban J connectivity index is 1.36. The molecule has 0 aliphatic carbocycles. The van der Waals surface area contributed by atoms with E-state index in [2.05, 4.69) is 15.2 Å². The molecule has 0 saturated carbocycles. The summed E-state index contributed by atoms with van der Waals surface area (Å²) >= 11 is 0. The van der Waals surface area contributed by atoms with Crippen LogP contribution in [0, 0.1) is 0 Å². The summed E-state index contributed by atoms with van der Waals surface area (Å²) in [4.78, 5) is 32.8. The summed E-state index contributed by atoms with van der Waals surface area (Å²) in [6.07, 6.45) is 3.32. The molecule has 1 aliphatic rings. The smallest absolute Gasteiger partial charge is 0.270 e. The van der Waals surface area contributed by atoms with E-state index in [-0.39, 0.29) is 11.8 Å². The van der Waals surface area contributed by atoms with Crippen LogP contribution in [0.4, 0.5) is 0 Å². The molecule has 1 aliphatic heterocycles. The summed E-state index contributed by atoms with van der Waals surface area (Å²) in [7, 11) is 3.61. The molecule has 5 rings (SSSR count). The topological polar surface area (TPSA) is 92.1 Å². The van der Waals surface area contributed by atoms with Gasteiger partial charge in [-0.3, -0.25) is 19.0 Å². The molecule has 0 bridgehead atoms. The Hall–Kier alpha value is -3.88. The SMILES string of the molecule is CN(Cc1ccnn1C)C(=O)c1cnn2c1CN(C(=O)c1cc3ccccc3[nH]1)CC2. The van der Waals surface area contributed by atoms with Crippen LogP contribution in [0.2, 0.25) is 0 Å². The number of hydrogen-bond donors (Lipinski definition) is 1. The van der Waals surface area contributed by atoms with Gasteiger partial charge in [0.1, 0.15) is 5.69 Å². The highest BCUT2D eigenvalue weighted by Gasteiger charge is 2.29. The molecule has 4 heterocycles. The minimum Gasteiger partial charge on any atom is -0.351 e. The summed E-state index contributed by atoms with van der Waals surface area (Å²) in [6.45, 7) is 1.88. The minimum absolute atomic E-state index is 0.0784. The van der Waals surface area contributed by atoms with Gasteiger partial charge in [0.05, 0.1) is 42.8 Å². The Kier molecular flexibility index (Phi) is 4.58. The maximum atomic E-state index is 13.1. The number of benzene rings is 1. The molecule has 9 nitrogen and oxygen atoms in total. The van der Waals surface area contributed by atoms with E-state index in [1.165, 1.54) is 0 Å². The van der Waals surface area contributed by atoms with Crippen molar-refractivity contribution in [3.05, 3.63) is 71.4 Å². The van der Waals surface area contributed by atoms with Gasteiger partial charge in [-0.2, -0.15) is 10.2 Å². The molecule has 9 heteroatoms. The van der Waals surface area contributed by atoms with Crippen molar-refractivity contribution in [1.82, 2.24) is 34.3 Å². The minimum atomic E-state index is -0.123. The van der Waals surface area contributed by atoms with E-state index in [1.54, 1.807) is 33.9 Å². The first-order valence-corrected chi connectivity index (χ1v) is 10.2. The molecular formula is C22H23N7O2. The van der Waals surface area contributed by atoms with Gasteiger partial charge in [0.2, 0.25) is 0 Å². The number of aromatic nitrogens is 5. The van der Waals surface area contributed by atoms with Gasteiger partial charge in [0, 0.05) is 37.7 Å². The quantitative estimate of drug-likeness (QED) is 0.550. The van der Waals surface area contributed by atoms with Crippen LogP contribution in [-0.2, 0) is 26.7 Å². The third-order valence-corrected chi connectivity index (χ3v) is 5.82. The molecule has 4 aromatic rings. The average molecular weight is 417 g/mol. The molecule has 0 unspecified atom stereocenters. The predicted octanol–water partition coefficient (Wildman–Crippen LogP) is 2.03. The molecule has 3 aromatic heterocycles. The molecule has 0 saturated heterocycles. The van der Waals surface area contributed by atoms with Crippen molar-refractivity contribution in [2.75, 3.05) is 13.6 Å². The molecule has 0 fully saturated rings. The van der Waals surface area contributed by atoms with Gasteiger partial charge < -0.3 is 14.8 Å². The molecule has 2 amide bonds. The molecular weight excluding hydrogens is 394 g/mol. The number of aromatic amines is 1. The van der Waals surface area contributed by atoms with Crippen LogP contribution in [-0.4, -0.2) is 59.8 Å². The van der Waals surface area contributed by atoms with Crippen LogP contribution in [0.1, 0.15) is 32.2 Å². The van der Waals surface area contributed by atoms with E-state index in [9.17, 15) is 9.59 Å². The second-order valence-corrected chi connectivity index (χ2v) is 7.83. The fraction of sp³-hybridized carbons (Fsp3) is 0.273. The Bertz CT molecular complexity index is 1250. The second-order valence-electron chi connectivity index (χ2n) is 7.83. The van der Waals surface area contributed by atoms with Crippen LogP contribution in [0.3, 0.4) is 0 Å². The van der Waals surface area contributed by atoms with Crippen molar-refractivity contribution in [3.8, 4) is 0 Å². The van der Waals surface area contributed by atoms with Crippen LogP contribution in [0.5, 0.6) is 0 Å². The number of amides is 2. The summed E-state index contributed by atoms with van der Waals surface area (Å²) in [6, 6.07) is 11.6. The Morgan fingerprint density at radius 2 is 2.00 bits per heavy atom. The molecule has 31 heavy (non-hydrogen) atoms. The fourth-order valence-corrected chi connectivity index (χ4v) is 4.03. The number of nitrogens with one attached hydrogen (secondary N) is 1. The normalized spacial score (nSPS) is 13.4. The average Bonchev–Trinajstić information content (AvgIpc) is 3.50. The van der Waals surface area contributed by atoms with Gasteiger partial charge in [0.15, 0.2) is 0 Å². The highest BCUT2D eigenvalue weighted by Crippen LogP contribution is 2.22. The lowest BCUT2D eigenvalue weighted by Crippen LogP contribution is -2.39. The van der Waals surface area contributed by atoms with Crippen LogP contribution in [0.15, 0.2) is 48.8 Å². The number of para-hydroxylation sites is 1. The van der Waals surface area contributed by atoms with E-state index in [0.717, 1.165) is 22.3 Å². The van der Waals surface area contributed by atoms with Crippen molar-refractivity contribution in [3.63, 3.8) is 0 Å². The molecule has 1 aromatic carbocycles. The molecule has 0 spiro atoms. The van der Waals surface area contributed by atoms with Gasteiger partial charge in [-0.1, -0.05) is 18.2 Å². The van der Waals surface area contributed by atoms with E-state index in [4.69, 9.17) is 0 Å². The lowest BCUT2D eigenvalue weighted by molar-refractivity contribution is 0.0690. The number of aryl methyl sites for hydroxylation is 1. The zero-order valence-corrected chi connectivity index (χ0v) is 17.4. The summed E-state index contributed by atoms with van der Waals surface area (Å²) in [5.41, 5.74) is 3.71. The monoisotopic (exact) mass is 417 g/mol. The predicted molar refractivity (Wildman–Crippen MR) is 114 cm³/mol. The van der Waals surface area contributed by atoms with Crippen molar-refractivity contribution in [2.24, 2.45) is 7.05 Å². The highest BCUT2D eigenvalue weighted by atomic mass is 16.2. The maximum absolute atomic E-state index is 13.1. The molecule has 0 atom stereocenters. The third kappa shape index (κ3) is 3.37. The van der Waals surface area contributed by atoms with Gasteiger partial charge >= 0.3 is 0 Å². The van der Waals surface area contributed by atoms with Gasteiger partial charge in [0.25, 0.3) is 11.8 Å². The Morgan fingerprint density at radius 1 is 1.16 bits per heavy atom. The first kappa shape index (κ1) is 19.1. The summed E-state index contributed by atoms with van der Waals surface area (Å²) < 4.78 is 3.57. The van der Waals surface area contributed by atoms with Gasteiger partial charge in [-0.25, -0.2) is 0 Å². The second kappa shape index (κ2) is 7.42. The summed E-state index contributed by atoms with van der Waals surface area (Å²) in [5, 5.41) is 9.53. The Labute approximate surface area is 178 Å². The number of hydrogen-bond acceptors (Lipinski definition) is 4. The third-order valence-electron chi connectivity index (χ3n) is 5.82. The standard InChI is InChI=1S/C22H23N7O2/c1-26(13-16-7-8-23-27(16)2)21(30)17-12-24-29-10-9-28(14-20(17)29)22(31)19-11-15-5-3-4-6-18(15)25-19/h3-8,11-12,25H,9-10,13-14H2,1-2H3. The number of H-pyrrole nitrogens is 1. The zero-order valence-electron chi connectivity index (χ0n) is 17.4. The van der Waals surface area contributed by atoms with Gasteiger partial charge in [-0.15, -0.1) is 0 Å². The Morgan fingerprint density at radius 3 is 2.77 bits per heavy atom. The molecule has 1 N–H and O–H groups in total. The number of fused-ring (bicyclic) bond motifs is 2. The first-order chi connectivity index (χ1) is 15.0. The van der Waals surface area contributed by atoms with Crippen LogP contribution < -0.4 is 0 Å². The van der Waals surface area contributed by atoms with Crippen molar-refractivity contribution in [2.45, 2.75) is 19.6 Å². The highest BCUT2D eigenvalue weighted by molar-refractivity contribution is 5.98.